The van der Waals surface area contributed by atoms with Crippen LogP contribution in [0.15, 0.2) is 53.3 Å². The van der Waals surface area contributed by atoms with E-state index in [0.29, 0.717) is 5.89 Å². The Bertz CT molecular complexity index is 836. The van der Waals surface area contributed by atoms with Gasteiger partial charge in [-0.15, -0.1) is 12.4 Å². The lowest BCUT2D eigenvalue weighted by Crippen LogP contribution is -1.77. The summed E-state index contributed by atoms with van der Waals surface area (Å²) in [5, 5.41) is 1.08. The van der Waals surface area contributed by atoms with Crippen LogP contribution >= 0.6 is 12.4 Å². The fourth-order valence-electron chi connectivity index (χ4n) is 2.14. The zero-order valence-corrected chi connectivity index (χ0v) is 10.6. The third kappa shape index (κ3) is 1.77. The summed E-state index contributed by atoms with van der Waals surface area (Å²) in [4.78, 5) is 11.8. The lowest BCUT2D eigenvalue weighted by Gasteiger charge is -1.90. The molecule has 1 aromatic carbocycles. The van der Waals surface area contributed by atoms with Crippen molar-refractivity contribution in [2.24, 2.45) is 0 Å². The van der Waals surface area contributed by atoms with Crippen LogP contribution in [-0.4, -0.2) is 15.0 Å². The summed E-state index contributed by atoms with van der Waals surface area (Å²) < 4.78 is 5.77. The molecule has 4 rings (SSSR count). The molecule has 0 aliphatic rings. The van der Waals surface area contributed by atoms with E-state index in [4.69, 9.17) is 4.42 Å². The van der Waals surface area contributed by atoms with Gasteiger partial charge in [-0.3, -0.25) is 4.98 Å². The zero-order chi connectivity index (χ0) is 11.9. The molecule has 4 nitrogen and oxygen atoms in total. The molecular formula is C14H10ClN3O. The third-order valence-corrected chi connectivity index (χ3v) is 3.00. The third-order valence-electron chi connectivity index (χ3n) is 3.00. The standard InChI is InChI=1S/C14H9N3O.ClH/c1-2-9(8-15-6-1)14-17-13-10-5-7-16-11(10)3-4-12(13)18-14;/h1-8,16H;1H. The lowest BCUT2D eigenvalue weighted by molar-refractivity contribution is 0.619. The average Bonchev–Trinajstić information content (AvgIpc) is 3.05. The fourth-order valence-corrected chi connectivity index (χ4v) is 2.14. The van der Waals surface area contributed by atoms with Crippen molar-refractivity contribution < 1.29 is 4.42 Å². The van der Waals surface area contributed by atoms with Gasteiger partial charge in [0.15, 0.2) is 5.58 Å². The molecule has 0 aliphatic heterocycles. The second kappa shape index (κ2) is 4.40. The molecule has 5 heteroatoms. The van der Waals surface area contributed by atoms with Crippen LogP contribution in [-0.2, 0) is 0 Å². The smallest absolute Gasteiger partial charge is 0.228 e. The molecule has 0 aliphatic carbocycles. The van der Waals surface area contributed by atoms with Crippen LogP contribution in [0.1, 0.15) is 0 Å². The van der Waals surface area contributed by atoms with Crippen LogP contribution in [0.3, 0.4) is 0 Å². The number of pyridine rings is 1. The van der Waals surface area contributed by atoms with Gasteiger partial charge in [0.05, 0.1) is 5.56 Å². The van der Waals surface area contributed by atoms with Gasteiger partial charge >= 0.3 is 0 Å². The Hall–Kier alpha value is -2.33. The van der Waals surface area contributed by atoms with Crippen LogP contribution in [0.4, 0.5) is 0 Å². The Morgan fingerprint density at radius 2 is 2.05 bits per heavy atom. The van der Waals surface area contributed by atoms with Gasteiger partial charge in [-0.25, -0.2) is 4.98 Å². The number of oxazole rings is 1. The quantitative estimate of drug-likeness (QED) is 0.573. The number of benzene rings is 1. The average molecular weight is 272 g/mol. The topological polar surface area (TPSA) is 54.7 Å². The minimum absolute atomic E-state index is 0. The van der Waals surface area contributed by atoms with Gasteiger partial charge in [0, 0.05) is 29.5 Å². The van der Waals surface area contributed by atoms with Crippen molar-refractivity contribution in [3.8, 4) is 11.5 Å². The van der Waals surface area contributed by atoms with Crippen LogP contribution in [0, 0.1) is 0 Å². The van der Waals surface area contributed by atoms with E-state index in [1.54, 1.807) is 12.4 Å². The molecule has 0 amide bonds. The Kier molecular flexibility index (Phi) is 2.72. The highest BCUT2D eigenvalue weighted by molar-refractivity contribution is 6.02. The Labute approximate surface area is 114 Å². The summed E-state index contributed by atoms with van der Waals surface area (Å²) in [6, 6.07) is 9.74. The van der Waals surface area contributed by atoms with Gasteiger partial charge in [0.2, 0.25) is 5.89 Å². The van der Waals surface area contributed by atoms with Crippen molar-refractivity contribution in [3.05, 3.63) is 48.9 Å². The van der Waals surface area contributed by atoms with Gasteiger partial charge in [0.1, 0.15) is 5.52 Å². The fraction of sp³-hybridized carbons (Fsp3) is 0. The molecule has 4 aromatic rings. The van der Waals surface area contributed by atoms with Gasteiger partial charge in [-0.1, -0.05) is 0 Å². The molecule has 1 N–H and O–H groups in total. The minimum atomic E-state index is 0. The van der Waals surface area contributed by atoms with E-state index < -0.39 is 0 Å². The molecule has 3 aromatic heterocycles. The molecule has 0 saturated carbocycles. The summed E-state index contributed by atoms with van der Waals surface area (Å²) >= 11 is 0. The largest absolute Gasteiger partial charge is 0.436 e. The molecule has 19 heavy (non-hydrogen) atoms. The van der Waals surface area contributed by atoms with Crippen molar-refractivity contribution in [2.75, 3.05) is 0 Å². The number of rotatable bonds is 1. The first-order chi connectivity index (χ1) is 8.92. The Morgan fingerprint density at radius 1 is 1.11 bits per heavy atom. The monoisotopic (exact) mass is 271 g/mol. The van der Waals surface area contributed by atoms with E-state index in [9.17, 15) is 0 Å². The number of aromatic nitrogens is 3. The first-order valence-corrected chi connectivity index (χ1v) is 5.69. The lowest BCUT2D eigenvalue weighted by atomic mass is 10.2. The normalized spacial score (nSPS) is 10.7. The van der Waals surface area contributed by atoms with Crippen molar-refractivity contribution in [1.29, 1.82) is 0 Å². The summed E-state index contributed by atoms with van der Waals surface area (Å²) in [6.07, 6.45) is 5.39. The molecular weight excluding hydrogens is 262 g/mol. The first-order valence-electron chi connectivity index (χ1n) is 5.69. The maximum Gasteiger partial charge on any atom is 0.228 e. The Balaban J connectivity index is 0.00000110. The van der Waals surface area contributed by atoms with E-state index in [2.05, 4.69) is 15.0 Å². The summed E-state index contributed by atoms with van der Waals surface area (Å²) in [5.41, 5.74) is 3.62. The maximum absolute atomic E-state index is 5.77. The summed E-state index contributed by atoms with van der Waals surface area (Å²) in [5.74, 6) is 0.604. The second-order valence-corrected chi connectivity index (χ2v) is 4.11. The molecule has 0 radical (unpaired) electrons. The first kappa shape index (κ1) is 11.7. The van der Waals surface area contributed by atoms with Crippen LogP contribution in [0.5, 0.6) is 0 Å². The van der Waals surface area contributed by atoms with Crippen molar-refractivity contribution in [3.63, 3.8) is 0 Å². The van der Waals surface area contributed by atoms with Crippen LogP contribution in [0.2, 0.25) is 0 Å². The van der Waals surface area contributed by atoms with E-state index in [1.807, 2.05) is 36.5 Å². The van der Waals surface area contributed by atoms with E-state index in [0.717, 1.165) is 27.6 Å². The molecule has 3 heterocycles. The highest BCUT2D eigenvalue weighted by Crippen LogP contribution is 2.28. The van der Waals surface area contributed by atoms with E-state index in [1.165, 1.54) is 0 Å². The zero-order valence-electron chi connectivity index (χ0n) is 9.83. The van der Waals surface area contributed by atoms with E-state index >= 15 is 0 Å². The van der Waals surface area contributed by atoms with Crippen molar-refractivity contribution in [1.82, 2.24) is 15.0 Å². The van der Waals surface area contributed by atoms with E-state index in [-0.39, 0.29) is 12.4 Å². The van der Waals surface area contributed by atoms with Gasteiger partial charge in [0.25, 0.3) is 0 Å². The number of H-pyrrole nitrogens is 1. The molecule has 0 unspecified atom stereocenters. The second-order valence-electron chi connectivity index (χ2n) is 4.11. The molecule has 94 valence electrons. The number of hydrogen-bond donors (Lipinski definition) is 1. The van der Waals surface area contributed by atoms with Gasteiger partial charge < -0.3 is 9.40 Å². The number of nitrogens with one attached hydrogen (secondary N) is 1. The maximum atomic E-state index is 5.77. The summed E-state index contributed by atoms with van der Waals surface area (Å²) in [6.45, 7) is 0. The molecule has 0 fully saturated rings. The van der Waals surface area contributed by atoms with Gasteiger partial charge in [-0.2, -0.15) is 0 Å². The highest BCUT2D eigenvalue weighted by atomic mass is 35.5. The Morgan fingerprint density at radius 3 is 2.89 bits per heavy atom. The van der Waals surface area contributed by atoms with Crippen LogP contribution in [0.25, 0.3) is 33.5 Å². The minimum Gasteiger partial charge on any atom is -0.436 e. The molecule has 0 atom stereocenters. The molecule has 0 saturated heterocycles. The number of nitrogens with zero attached hydrogens (tertiary/aromatic N) is 2. The van der Waals surface area contributed by atoms with Crippen LogP contribution < -0.4 is 0 Å². The number of fused-ring (bicyclic) bond motifs is 3. The highest BCUT2D eigenvalue weighted by Gasteiger charge is 2.11. The predicted molar refractivity (Wildman–Crippen MR) is 76.3 cm³/mol. The van der Waals surface area contributed by atoms with Gasteiger partial charge in [-0.05, 0) is 30.3 Å². The number of aromatic amines is 1. The number of halogens is 1. The predicted octanol–water partition coefficient (Wildman–Crippen LogP) is 3.79. The molecule has 0 bridgehead atoms. The number of hydrogen-bond acceptors (Lipinski definition) is 3. The van der Waals surface area contributed by atoms with Crippen molar-refractivity contribution >= 4 is 34.4 Å². The SMILES string of the molecule is Cl.c1cncc(-c2nc3c(ccc4[nH]ccc43)o2)c1. The van der Waals surface area contributed by atoms with Crippen molar-refractivity contribution in [2.45, 2.75) is 0 Å². The summed E-state index contributed by atoms with van der Waals surface area (Å²) in [7, 11) is 0. The molecule has 0 spiro atoms.